The van der Waals surface area contributed by atoms with Crippen LogP contribution in [0, 0.1) is 5.92 Å². The van der Waals surface area contributed by atoms with E-state index in [1.54, 1.807) is 0 Å². The van der Waals surface area contributed by atoms with E-state index < -0.39 is 19.9 Å². The molecule has 0 saturated carbocycles. The Bertz CT molecular complexity index is 444. The van der Waals surface area contributed by atoms with Gasteiger partial charge in [-0.15, -0.1) is 0 Å². The van der Waals surface area contributed by atoms with E-state index in [-0.39, 0.29) is 11.5 Å². The van der Waals surface area contributed by atoms with Gasteiger partial charge in [0, 0.05) is 19.3 Å². The van der Waals surface area contributed by atoms with E-state index in [0.29, 0.717) is 25.6 Å². The summed E-state index contributed by atoms with van der Waals surface area (Å²) in [4.78, 5) is 0. The Morgan fingerprint density at radius 2 is 1.88 bits per heavy atom. The molecule has 1 saturated heterocycles. The lowest BCUT2D eigenvalue weighted by Crippen LogP contribution is -2.33. The highest BCUT2D eigenvalue weighted by molar-refractivity contribution is 7.93. The summed E-state index contributed by atoms with van der Waals surface area (Å²) in [6.07, 6.45) is 2.68. The van der Waals surface area contributed by atoms with E-state index in [4.69, 9.17) is 5.73 Å². The third-order valence-electron chi connectivity index (χ3n) is 2.93. The van der Waals surface area contributed by atoms with Gasteiger partial charge >= 0.3 is 0 Å². The molecule has 8 heteroatoms. The fraction of sp³-hybridized carbons (Fsp3) is 1.00. The first-order valence-electron chi connectivity index (χ1n) is 5.60. The van der Waals surface area contributed by atoms with Gasteiger partial charge in [0.2, 0.25) is 10.0 Å². The highest BCUT2D eigenvalue weighted by atomic mass is 32.2. The Balaban J connectivity index is 2.55. The second-order valence-electron chi connectivity index (χ2n) is 4.54. The normalized spacial score (nSPS) is 23.1. The first-order valence-corrected chi connectivity index (χ1v) is 9.27. The van der Waals surface area contributed by atoms with Crippen molar-refractivity contribution in [3.8, 4) is 0 Å². The van der Waals surface area contributed by atoms with Crippen LogP contribution in [0.3, 0.4) is 0 Å². The molecule has 0 spiro atoms. The molecule has 1 heterocycles. The van der Waals surface area contributed by atoms with Gasteiger partial charge in [-0.3, -0.25) is 0 Å². The standard InChI is InChI=1S/C9H20N2O4S2/c1-16(12,13)6-7-17(14,15)11-5-3-9(8-11)2-4-10/h9H,2-8,10H2,1H3. The van der Waals surface area contributed by atoms with Crippen molar-refractivity contribution in [2.75, 3.05) is 37.4 Å². The average Bonchev–Trinajstić information content (AvgIpc) is 2.64. The first kappa shape index (κ1) is 14.9. The van der Waals surface area contributed by atoms with E-state index in [9.17, 15) is 16.8 Å². The quantitative estimate of drug-likeness (QED) is 0.677. The van der Waals surface area contributed by atoms with Crippen LogP contribution in [0.25, 0.3) is 0 Å². The molecule has 0 amide bonds. The molecular weight excluding hydrogens is 264 g/mol. The van der Waals surface area contributed by atoms with E-state index in [2.05, 4.69) is 0 Å². The number of nitrogens with zero attached hydrogens (tertiary/aromatic N) is 1. The van der Waals surface area contributed by atoms with E-state index >= 15 is 0 Å². The topological polar surface area (TPSA) is 97.5 Å². The Morgan fingerprint density at radius 3 is 2.41 bits per heavy atom. The minimum atomic E-state index is -3.43. The monoisotopic (exact) mass is 284 g/mol. The van der Waals surface area contributed by atoms with Crippen molar-refractivity contribution < 1.29 is 16.8 Å². The Morgan fingerprint density at radius 1 is 1.24 bits per heavy atom. The number of rotatable bonds is 6. The molecule has 1 fully saturated rings. The summed E-state index contributed by atoms with van der Waals surface area (Å²) in [5, 5.41) is 0. The van der Waals surface area contributed by atoms with Crippen LogP contribution in [0.5, 0.6) is 0 Å². The van der Waals surface area contributed by atoms with Gasteiger partial charge in [0.25, 0.3) is 0 Å². The van der Waals surface area contributed by atoms with Crippen LogP contribution in [-0.4, -0.2) is 58.5 Å². The number of sulfone groups is 1. The molecule has 0 aliphatic carbocycles. The van der Waals surface area contributed by atoms with Crippen molar-refractivity contribution in [3.05, 3.63) is 0 Å². The molecule has 0 aromatic rings. The molecule has 1 unspecified atom stereocenters. The molecule has 1 aliphatic heterocycles. The number of hydrogen-bond donors (Lipinski definition) is 1. The molecule has 0 radical (unpaired) electrons. The van der Waals surface area contributed by atoms with Gasteiger partial charge in [-0.2, -0.15) is 0 Å². The second kappa shape index (κ2) is 5.64. The first-order chi connectivity index (χ1) is 7.74. The Labute approximate surface area is 103 Å². The van der Waals surface area contributed by atoms with E-state index in [1.807, 2.05) is 0 Å². The van der Waals surface area contributed by atoms with Crippen molar-refractivity contribution in [2.45, 2.75) is 12.8 Å². The van der Waals surface area contributed by atoms with Crippen LogP contribution in [0.2, 0.25) is 0 Å². The van der Waals surface area contributed by atoms with E-state index in [1.165, 1.54) is 4.31 Å². The number of sulfonamides is 1. The van der Waals surface area contributed by atoms with Crippen LogP contribution < -0.4 is 5.73 Å². The largest absolute Gasteiger partial charge is 0.330 e. The lowest BCUT2D eigenvalue weighted by molar-refractivity contribution is 0.449. The fourth-order valence-electron chi connectivity index (χ4n) is 1.91. The highest BCUT2D eigenvalue weighted by Gasteiger charge is 2.31. The molecule has 0 aromatic carbocycles. The second-order valence-corrected chi connectivity index (χ2v) is 8.88. The van der Waals surface area contributed by atoms with Crippen molar-refractivity contribution in [2.24, 2.45) is 11.7 Å². The highest BCUT2D eigenvalue weighted by Crippen LogP contribution is 2.21. The number of hydrogen-bond acceptors (Lipinski definition) is 5. The van der Waals surface area contributed by atoms with Crippen molar-refractivity contribution >= 4 is 19.9 Å². The molecule has 1 rings (SSSR count). The molecule has 0 aromatic heterocycles. The maximum atomic E-state index is 11.9. The SMILES string of the molecule is CS(=O)(=O)CCS(=O)(=O)N1CCC(CCN)C1. The van der Waals surface area contributed by atoms with Crippen LogP contribution in [0.15, 0.2) is 0 Å². The summed E-state index contributed by atoms with van der Waals surface area (Å²) in [6, 6.07) is 0. The zero-order valence-corrected chi connectivity index (χ0v) is 11.6. The van der Waals surface area contributed by atoms with Crippen LogP contribution in [0.4, 0.5) is 0 Å². The molecule has 1 aliphatic rings. The maximum Gasteiger partial charge on any atom is 0.215 e. The zero-order valence-electron chi connectivity index (χ0n) is 10.0. The van der Waals surface area contributed by atoms with Crippen LogP contribution >= 0.6 is 0 Å². The Hall–Kier alpha value is -0.180. The van der Waals surface area contributed by atoms with Gasteiger partial charge in [0.1, 0.15) is 9.84 Å². The molecule has 1 atom stereocenters. The summed E-state index contributed by atoms with van der Waals surface area (Å²) in [7, 11) is -6.67. The molecule has 6 nitrogen and oxygen atoms in total. The summed E-state index contributed by atoms with van der Waals surface area (Å²) < 4.78 is 47.0. The molecule has 102 valence electrons. The van der Waals surface area contributed by atoms with Crippen molar-refractivity contribution in [1.29, 1.82) is 0 Å². The number of nitrogens with two attached hydrogens (primary N) is 1. The summed E-state index contributed by atoms with van der Waals surface area (Å²) in [6.45, 7) is 1.52. The predicted octanol–water partition coefficient (Wildman–Crippen LogP) is -0.968. The van der Waals surface area contributed by atoms with Gasteiger partial charge in [-0.1, -0.05) is 0 Å². The third-order valence-corrected chi connectivity index (χ3v) is 5.97. The van der Waals surface area contributed by atoms with Crippen LogP contribution in [-0.2, 0) is 19.9 Å². The molecule has 2 N–H and O–H groups in total. The lowest BCUT2D eigenvalue weighted by Gasteiger charge is -2.16. The van der Waals surface area contributed by atoms with Crippen molar-refractivity contribution in [3.63, 3.8) is 0 Å². The van der Waals surface area contributed by atoms with Gasteiger partial charge < -0.3 is 5.73 Å². The van der Waals surface area contributed by atoms with Gasteiger partial charge in [0.15, 0.2) is 0 Å². The third kappa shape index (κ3) is 4.90. The lowest BCUT2D eigenvalue weighted by atomic mass is 10.1. The minimum Gasteiger partial charge on any atom is -0.330 e. The van der Waals surface area contributed by atoms with Gasteiger partial charge in [-0.05, 0) is 25.3 Å². The fourth-order valence-corrected chi connectivity index (χ4v) is 5.04. The Kier molecular flexibility index (Phi) is 4.94. The van der Waals surface area contributed by atoms with Crippen molar-refractivity contribution in [1.82, 2.24) is 4.31 Å². The molecular formula is C9H20N2O4S2. The summed E-state index contributed by atoms with van der Waals surface area (Å²) in [5.41, 5.74) is 5.43. The smallest absolute Gasteiger partial charge is 0.215 e. The maximum absolute atomic E-state index is 11.9. The van der Waals surface area contributed by atoms with E-state index in [0.717, 1.165) is 19.1 Å². The van der Waals surface area contributed by atoms with Gasteiger partial charge in [0.05, 0.1) is 11.5 Å². The average molecular weight is 284 g/mol. The summed E-state index contributed by atoms with van der Waals surface area (Å²) in [5.74, 6) is -0.317. The predicted molar refractivity (Wildman–Crippen MR) is 66.8 cm³/mol. The molecule has 0 bridgehead atoms. The van der Waals surface area contributed by atoms with Gasteiger partial charge in [-0.25, -0.2) is 21.1 Å². The summed E-state index contributed by atoms with van der Waals surface area (Å²) >= 11 is 0. The molecule has 17 heavy (non-hydrogen) atoms. The van der Waals surface area contributed by atoms with Crippen LogP contribution in [0.1, 0.15) is 12.8 Å². The minimum absolute atomic E-state index is 0.312. The zero-order chi connectivity index (χ0) is 13.1.